The molecule has 5 aromatic heterocycles. The van der Waals surface area contributed by atoms with Gasteiger partial charge in [0.15, 0.2) is 73.0 Å². The van der Waals surface area contributed by atoms with Crippen LogP contribution < -0.4 is 22.8 Å². The second kappa shape index (κ2) is 61.4. The minimum absolute atomic E-state index is 0.00239. The van der Waals surface area contributed by atoms with Crippen LogP contribution in [0, 0.1) is 64.1 Å². The second-order valence-corrected chi connectivity index (χ2v) is 44.5. The standard InChI is InChI=1S/C16H24O2.C15H24NO2.C15H22O4.C15H22O2.3C14H22NO2.C13H20NO2/c1-13(16(2,3)4)18-15(17)12-8-11-14-9-6-5-7-10-14;1-13(15(2,3)4)18-14(17)9-8-12-16-10-6-5-7-11-16;1-10(15(2,3)4)19-14(18)8-6-11-5-7-12(16)13(17)9-11;1-12(15(2,3)4)17-14(16)11-10-13-8-6-5-7-9-13;1-11-6-8-15(9-7-11)10-13(16)17-12(2)14(3,4)5;1-11-7-6-8-15(9-11)10-13(16)17-12(2)14(3,4)5;1-11-8-6-7-9-15(11)10-13(16)17-12(2)14(3,4)5;1-11(13(2,3)4)16-12(15)10-14-8-6-5-7-9-14/h5-7,9-10,13H,8,11-12H2,1-4H3;5-7,10-11,13H,8-9,12H2,1-4H3;5,7,9-10,16-17H,6,8H2,1-4H3;5-9,12H,10-11H2,1-4H3;3*6-9,12H,10H2,1-5H3;5-9,11H,10H2,1-4H3/q;+1;;;4*+1/t2*13-;10-;4*12-;11-/m11111111/s1. The first-order chi connectivity index (χ1) is 64.1. The molecule has 2 N–H and O–H groups in total. The summed E-state index contributed by atoms with van der Waals surface area (Å²) in [5.74, 6) is -1.66. The zero-order valence-corrected chi connectivity index (χ0v) is 91.4. The number of ether oxygens (including phenoxy) is 8. The first-order valence-electron chi connectivity index (χ1n) is 49.0. The van der Waals surface area contributed by atoms with Crippen molar-refractivity contribution in [1.82, 2.24) is 0 Å². The van der Waals surface area contributed by atoms with Gasteiger partial charge in [-0.05, 0) is 179 Å². The van der Waals surface area contributed by atoms with Crippen LogP contribution in [0.2, 0.25) is 0 Å². The second-order valence-electron chi connectivity index (χ2n) is 44.5. The van der Waals surface area contributed by atoms with Crippen molar-refractivity contribution in [2.45, 2.75) is 382 Å². The van der Waals surface area contributed by atoms with Crippen molar-refractivity contribution in [2.75, 3.05) is 0 Å². The molecule has 0 radical (unpaired) electrons. The van der Waals surface area contributed by atoms with Crippen LogP contribution >= 0.6 is 0 Å². The SMILES string of the molecule is C[C@@H](OC(=O)CCC[n+]1ccccc1)C(C)(C)C.C[C@@H](OC(=O)CCCc1ccccc1)C(C)(C)C.C[C@@H](OC(=O)CCc1ccc(O)c(O)c1)C(C)(C)C.C[C@@H](OC(=O)CCc1ccccc1)C(C)(C)C.C[C@@H](OC(=O)C[n+]1ccccc1)C(C)(C)C.Cc1cc[n+](CC(=O)O[C@H](C)C(C)(C)C)cc1.Cc1ccc[n+](CC(=O)O[C@H](C)C(C)(C)C)c1.Cc1cccc[n+]1CC(=O)O[C@H](C)C(C)(C)C. The lowest BCUT2D eigenvalue weighted by Crippen LogP contribution is -2.42. The molecule has 3 aromatic carbocycles. The fraction of sp³-hybridized carbons (Fsp3) is 0.560. The Kier molecular flexibility index (Phi) is 55.5. The molecule has 0 aliphatic heterocycles. The highest BCUT2D eigenvalue weighted by Gasteiger charge is 2.32. The number of carbonyl (C=O) groups excluding carboxylic acids is 8. The number of phenolic OH excluding ortho intramolecular Hbond substituents is 2. The highest BCUT2D eigenvalue weighted by molar-refractivity contribution is 5.72. The van der Waals surface area contributed by atoms with E-state index >= 15 is 0 Å². The number of carbonyl (C=O) groups is 8. The summed E-state index contributed by atoms with van der Waals surface area (Å²) >= 11 is 0. The number of nitrogens with zero attached hydrogens (tertiary/aromatic N) is 5. The van der Waals surface area contributed by atoms with Gasteiger partial charge in [0.2, 0.25) is 26.2 Å². The molecule has 0 saturated carbocycles. The average Bonchev–Trinajstić information content (AvgIpc) is 0.928. The summed E-state index contributed by atoms with van der Waals surface area (Å²) in [4.78, 5) is 93.5. The van der Waals surface area contributed by atoms with Gasteiger partial charge in [0.1, 0.15) is 55.4 Å². The van der Waals surface area contributed by atoms with Gasteiger partial charge in [0.05, 0.1) is 6.42 Å². The van der Waals surface area contributed by atoms with Crippen molar-refractivity contribution in [3.05, 3.63) is 247 Å². The Morgan fingerprint density at radius 3 is 0.899 bits per heavy atom. The third kappa shape index (κ3) is 59.1. The van der Waals surface area contributed by atoms with E-state index in [1.807, 2.05) is 294 Å². The van der Waals surface area contributed by atoms with E-state index in [1.165, 1.54) is 28.8 Å². The lowest BCUT2D eigenvalue weighted by molar-refractivity contribution is -0.697. The minimum atomic E-state index is -0.255. The third-order valence-corrected chi connectivity index (χ3v) is 23.8. The van der Waals surface area contributed by atoms with Crippen LogP contribution in [0.5, 0.6) is 11.5 Å². The Labute approximate surface area is 835 Å². The molecule has 5 heterocycles. The summed E-state index contributed by atoms with van der Waals surface area (Å²) in [6.07, 6.45) is 22.0. The van der Waals surface area contributed by atoms with Crippen LogP contribution in [0.4, 0.5) is 0 Å². The quantitative estimate of drug-likeness (QED) is 0.0183. The summed E-state index contributed by atoms with van der Waals surface area (Å²) < 4.78 is 52.5. The lowest BCUT2D eigenvalue weighted by atomic mass is 9.90. The lowest BCUT2D eigenvalue weighted by Gasteiger charge is -2.26. The molecule has 0 amide bonds. The minimum Gasteiger partial charge on any atom is -0.504 e. The van der Waals surface area contributed by atoms with E-state index in [2.05, 4.69) is 162 Å². The molecule has 8 aromatic rings. The number of hydrogen-bond donors (Lipinski definition) is 2. The topological polar surface area (TPSA) is 270 Å². The van der Waals surface area contributed by atoms with Gasteiger partial charge in [0.25, 0.3) is 0 Å². The molecule has 23 heteroatoms. The van der Waals surface area contributed by atoms with Gasteiger partial charge in [-0.1, -0.05) is 251 Å². The molecular formula is C116H178N5O18+5. The monoisotopic (exact) mass is 1930 g/mol. The van der Waals surface area contributed by atoms with Crippen LogP contribution in [0.25, 0.3) is 0 Å². The van der Waals surface area contributed by atoms with E-state index in [-0.39, 0.29) is 184 Å². The fourth-order valence-electron chi connectivity index (χ4n) is 10.6. The number of pyridine rings is 5. The number of esters is 8. The van der Waals surface area contributed by atoms with Gasteiger partial charge < -0.3 is 48.1 Å². The van der Waals surface area contributed by atoms with Crippen LogP contribution in [-0.4, -0.2) is 107 Å². The van der Waals surface area contributed by atoms with Gasteiger partial charge in [-0.2, -0.15) is 18.3 Å². The fourth-order valence-corrected chi connectivity index (χ4v) is 10.6. The van der Waals surface area contributed by atoms with Crippen molar-refractivity contribution in [2.24, 2.45) is 43.3 Å². The molecule has 0 saturated heterocycles. The van der Waals surface area contributed by atoms with E-state index in [9.17, 15) is 48.6 Å². The molecule has 139 heavy (non-hydrogen) atoms. The smallest absolute Gasteiger partial charge is 0.372 e. The Morgan fingerprint density at radius 2 is 0.547 bits per heavy atom. The summed E-state index contributed by atoms with van der Waals surface area (Å²) in [7, 11) is 0. The predicted octanol–water partition coefficient (Wildman–Crippen LogP) is 22.1. The first kappa shape index (κ1) is 126. The molecule has 0 bridgehead atoms. The maximum atomic E-state index is 11.8. The maximum Gasteiger partial charge on any atom is 0.372 e. The zero-order chi connectivity index (χ0) is 106. The van der Waals surface area contributed by atoms with Crippen molar-refractivity contribution in [1.29, 1.82) is 0 Å². The van der Waals surface area contributed by atoms with Crippen molar-refractivity contribution >= 4 is 47.8 Å². The molecule has 8 atom stereocenters. The number of hydrogen-bond acceptors (Lipinski definition) is 18. The maximum absolute atomic E-state index is 11.8. The number of aryl methyl sites for hydroxylation is 7. The van der Waals surface area contributed by atoms with Gasteiger partial charge in [0, 0.05) is 92.8 Å². The summed E-state index contributed by atoms with van der Waals surface area (Å²) in [6, 6.07) is 50.1. The van der Waals surface area contributed by atoms with E-state index in [0.29, 0.717) is 25.7 Å². The van der Waals surface area contributed by atoms with Crippen molar-refractivity contribution in [3.8, 4) is 11.5 Å². The van der Waals surface area contributed by atoms with E-state index < -0.39 is 0 Å². The molecule has 8 rings (SSSR count). The van der Waals surface area contributed by atoms with Gasteiger partial charge in [-0.3, -0.25) is 19.2 Å². The molecule has 770 valence electrons. The summed E-state index contributed by atoms with van der Waals surface area (Å²) in [6.45, 7) is 72.8. The van der Waals surface area contributed by atoms with E-state index in [0.717, 1.165) is 49.0 Å². The van der Waals surface area contributed by atoms with Gasteiger partial charge in [-0.15, -0.1) is 0 Å². The van der Waals surface area contributed by atoms with Crippen molar-refractivity contribution < 1.29 is 109 Å². The Balaban J connectivity index is 0.000000795. The van der Waals surface area contributed by atoms with Gasteiger partial charge >= 0.3 is 47.8 Å². The van der Waals surface area contributed by atoms with E-state index in [4.69, 9.17) is 37.9 Å². The van der Waals surface area contributed by atoms with Crippen LogP contribution in [-0.2, 0) is 128 Å². The number of aromatic nitrogens is 5. The third-order valence-electron chi connectivity index (χ3n) is 23.8. The first-order valence-corrected chi connectivity index (χ1v) is 49.0. The van der Waals surface area contributed by atoms with Crippen LogP contribution in [0.3, 0.4) is 0 Å². The van der Waals surface area contributed by atoms with E-state index in [1.54, 1.807) is 10.6 Å². The number of phenols is 2. The molecule has 0 fully saturated rings. The van der Waals surface area contributed by atoms with Crippen LogP contribution in [0.15, 0.2) is 213 Å². The summed E-state index contributed by atoms with van der Waals surface area (Å²) in [5.41, 5.74) is 6.45. The Bertz CT molecular complexity index is 4800. The normalized spacial score (nSPS) is 13.2. The average molecular weight is 1930 g/mol. The molecule has 0 spiro atoms. The molecule has 23 nitrogen and oxygen atoms in total. The number of benzene rings is 3. The highest BCUT2D eigenvalue weighted by atomic mass is 16.6. The molecule has 0 aliphatic rings. The largest absolute Gasteiger partial charge is 0.504 e. The molecular weight excluding hydrogens is 1750 g/mol. The molecule has 0 unspecified atom stereocenters. The van der Waals surface area contributed by atoms with Crippen molar-refractivity contribution in [3.63, 3.8) is 0 Å². The zero-order valence-electron chi connectivity index (χ0n) is 91.4. The number of aromatic hydroxyl groups is 2. The van der Waals surface area contributed by atoms with Crippen LogP contribution in [0.1, 0.15) is 294 Å². The summed E-state index contributed by atoms with van der Waals surface area (Å²) in [5, 5.41) is 18.5. The molecule has 0 aliphatic carbocycles. The van der Waals surface area contributed by atoms with Gasteiger partial charge in [-0.25, -0.2) is 23.7 Å². The highest BCUT2D eigenvalue weighted by Crippen LogP contribution is 2.30. The Morgan fingerprint density at radius 1 is 0.259 bits per heavy atom. The predicted molar refractivity (Wildman–Crippen MR) is 549 cm³/mol. The Hall–Kier alpha value is -11.2. The number of rotatable bonds is 30.